The summed E-state index contributed by atoms with van der Waals surface area (Å²) in [5.74, 6) is -0.693. The molecule has 1 N–H and O–H groups in total. The molecule has 26 heavy (non-hydrogen) atoms. The molecular formula is C20H22N2O3S. The number of ether oxygens (including phenoxy) is 1. The number of hydrogen-bond acceptors (Lipinski definition) is 5. The van der Waals surface area contributed by atoms with Crippen LogP contribution in [0.15, 0.2) is 35.7 Å². The summed E-state index contributed by atoms with van der Waals surface area (Å²) in [6, 6.07) is 10.2. The van der Waals surface area contributed by atoms with Crippen LogP contribution in [0.1, 0.15) is 48.4 Å². The summed E-state index contributed by atoms with van der Waals surface area (Å²) in [7, 11) is 0. The lowest BCUT2D eigenvalue weighted by molar-refractivity contribution is -0.150. The Hall–Kier alpha value is -2.21. The van der Waals surface area contributed by atoms with Gasteiger partial charge in [-0.3, -0.25) is 9.59 Å². The summed E-state index contributed by atoms with van der Waals surface area (Å²) < 4.78 is 5.55. The third kappa shape index (κ3) is 3.51. The molecule has 1 spiro atoms. The van der Waals surface area contributed by atoms with Gasteiger partial charge in [-0.2, -0.15) is 0 Å². The van der Waals surface area contributed by atoms with Gasteiger partial charge in [0, 0.05) is 11.8 Å². The minimum atomic E-state index is -0.554. The van der Waals surface area contributed by atoms with Crippen LogP contribution in [0.4, 0.5) is 0 Å². The lowest BCUT2D eigenvalue weighted by atomic mass is 9.85. The van der Waals surface area contributed by atoms with Crippen LogP contribution in [0.25, 0.3) is 0 Å². The molecule has 1 saturated heterocycles. The van der Waals surface area contributed by atoms with Crippen molar-refractivity contribution in [2.24, 2.45) is 5.92 Å². The molecule has 1 aromatic carbocycles. The first-order valence-corrected chi connectivity index (χ1v) is 9.99. The highest BCUT2D eigenvalue weighted by Gasteiger charge is 2.53. The Morgan fingerprint density at radius 2 is 2.04 bits per heavy atom. The Morgan fingerprint density at radius 3 is 2.81 bits per heavy atom. The SMILES string of the molecule is O=C1C[C@H](C(=O)NCc2csc(Cc3ccccc3)n2)C2(CCCC2)O1. The van der Waals surface area contributed by atoms with Gasteiger partial charge in [0.05, 0.1) is 29.6 Å². The highest BCUT2D eigenvalue weighted by Crippen LogP contribution is 2.45. The maximum atomic E-state index is 12.7. The van der Waals surface area contributed by atoms with Crippen molar-refractivity contribution in [2.45, 2.75) is 50.7 Å². The standard InChI is InChI=1S/C20H22N2O3S/c23-18-11-16(20(25-18)8-4-5-9-20)19(24)21-12-15-13-26-17(22-15)10-14-6-2-1-3-7-14/h1-3,6-7,13,16H,4-5,8-12H2,(H,21,24)/t16-/m1/s1. The third-order valence-electron chi connectivity index (χ3n) is 5.33. The molecule has 136 valence electrons. The van der Waals surface area contributed by atoms with Gasteiger partial charge < -0.3 is 10.1 Å². The van der Waals surface area contributed by atoms with Crippen LogP contribution >= 0.6 is 11.3 Å². The van der Waals surface area contributed by atoms with Crippen molar-refractivity contribution in [1.82, 2.24) is 10.3 Å². The second-order valence-corrected chi connectivity index (χ2v) is 8.06. The molecule has 1 saturated carbocycles. The van der Waals surface area contributed by atoms with Crippen molar-refractivity contribution in [1.29, 1.82) is 0 Å². The molecule has 1 aliphatic carbocycles. The summed E-state index contributed by atoms with van der Waals surface area (Å²) in [5, 5.41) is 5.98. The van der Waals surface area contributed by atoms with Gasteiger partial charge in [0.15, 0.2) is 0 Å². The minimum absolute atomic E-state index is 0.0876. The average molecular weight is 370 g/mol. The van der Waals surface area contributed by atoms with E-state index in [4.69, 9.17) is 4.74 Å². The van der Waals surface area contributed by atoms with E-state index in [0.717, 1.165) is 42.8 Å². The largest absolute Gasteiger partial charge is 0.458 e. The van der Waals surface area contributed by atoms with Gasteiger partial charge in [-0.05, 0) is 31.2 Å². The number of benzene rings is 1. The summed E-state index contributed by atoms with van der Waals surface area (Å²) in [6.07, 6.45) is 4.64. The van der Waals surface area contributed by atoms with Crippen molar-refractivity contribution >= 4 is 23.2 Å². The van der Waals surface area contributed by atoms with E-state index in [0.29, 0.717) is 6.54 Å². The molecule has 6 heteroatoms. The van der Waals surface area contributed by atoms with Crippen molar-refractivity contribution in [2.75, 3.05) is 0 Å². The molecule has 1 aliphatic heterocycles. The van der Waals surface area contributed by atoms with Gasteiger partial charge in [-0.25, -0.2) is 4.98 Å². The van der Waals surface area contributed by atoms with Crippen molar-refractivity contribution < 1.29 is 14.3 Å². The van der Waals surface area contributed by atoms with E-state index < -0.39 is 5.60 Å². The van der Waals surface area contributed by atoms with E-state index in [9.17, 15) is 9.59 Å². The summed E-state index contributed by atoms with van der Waals surface area (Å²) in [5.41, 5.74) is 1.53. The Labute approximate surface area is 156 Å². The Kier molecular flexibility index (Phi) is 4.76. The number of carbonyl (C=O) groups is 2. The second-order valence-electron chi connectivity index (χ2n) is 7.12. The molecule has 2 aliphatic rings. The number of nitrogens with zero attached hydrogens (tertiary/aromatic N) is 1. The number of hydrogen-bond donors (Lipinski definition) is 1. The van der Waals surface area contributed by atoms with Crippen LogP contribution in [0.2, 0.25) is 0 Å². The fourth-order valence-electron chi connectivity index (χ4n) is 4.03. The zero-order chi connectivity index (χ0) is 18.0. The van der Waals surface area contributed by atoms with Crippen molar-refractivity contribution in [3.8, 4) is 0 Å². The van der Waals surface area contributed by atoms with E-state index in [1.54, 1.807) is 11.3 Å². The summed E-state index contributed by atoms with van der Waals surface area (Å²) in [4.78, 5) is 29.0. The maximum Gasteiger partial charge on any atom is 0.307 e. The maximum absolute atomic E-state index is 12.7. The van der Waals surface area contributed by atoms with Crippen LogP contribution in [0, 0.1) is 5.92 Å². The van der Waals surface area contributed by atoms with Gasteiger partial charge in [0.25, 0.3) is 0 Å². The van der Waals surface area contributed by atoms with Crippen LogP contribution in [-0.4, -0.2) is 22.5 Å². The predicted molar refractivity (Wildman–Crippen MR) is 98.6 cm³/mol. The van der Waals surface area contributed by atoms with Gasteiger partial charge in [0.1, 0.15) is 5.60 Å². The van der Waals surface area contributed by atoms with E-state index in [1.165, 1.54) is 5.56 Å². The molecule has 0 bridgehead atoms. The molecule has 2 aromatic rings. The lowest BCUT2D eigenvalue weighted by Gasteiger charge is -2.27. The number of nitrogens with one attached hydrogen (secondary N) is 1. The zero-order valence-electron chi connectivity index (χ0n) is 14.6. The summed E-state index contributed by atoms with van der Waals surface area (Å²) >= 11 is 1.61. The third-order valence-corrected chi connectivity index (χ3v) is 6.23. The topological polar surface area (TPSA) is 68.3 Å². The second kappa shape index (κ2) is 7.19. The van der Waals surface area contributed by atoms with Crippen molar-refractivity contribution in [3.05, 3.63) is 52.0 Å². The molecule has 1 aromatic heterocycles. The number of esters is 1. The first kappa shape index (κ1) is 17.2. The molecular weight excluding hydrogens is 348 g/mol. The van der Waals surface area contributed by atoms with Gasteiger partial charge >= 0.3 is 5.97 Å². The molecule has 0 radical (unpaired) electrons. The first-order valence-electron chi connectivity index (χ1n) is 9.11. The molecule has 1 amide bonds. The predicted octanol–water partition coefficient (Wildman–Crippen LogP) is 3.23. The number of aromatic nitrogens is 1. The Morgan fingerprint density at radius 1 is 1.27 bits per heavy atom. The highest BCUT2D eigenvalue weighted by atomic mass is 32.1. The van der Waals surface area contributed by atoms with E-state index in [1.807, 2.05) is 23.6 Å². The molecule has 2 fully saturated rings. The molecule has 1 atom stereocenters. The van der Waals surface area contributed by atoms with Gasteiger partial charge in [0.2, 0.25) is 5.91 Å². The quantitative estimate of drug-likeness (QED) is 0.821. The molecule has 5 nitrogen and oxygen atoms in total. The minimum Gasteiger partial charge on any atom is -0.458 e. The van der Waals surface area contributed by atoms with Crippen molar-refractivity contribution in [3.63, 3.8) is 0 Å². The smallest absolute Gasteiger partial charge is 0.307 e. The fourth-order valence-corrected chi connectivity index (χ4v) is 4.86. The Bertz CT molecular complexity index is 796. The average Bonchev–Trinajstić information content (AvgIpc) is 3.36. The lowest BCUT2D eigenvalue weighted by Crippen LogP contribution is -2.42. The monoisotopic (exact) mass is 370 g/mol. The normalized spacial score (nSPS) is 21.1. The number of thiazole rings is 1. The molecule has 0 unspecified atom stereocenters. The first-order chi connectivity index (χ1) is 12.6. The number of amides is 1. The zero-order valence-corrected chi connectivity index (χ0v) is 15.4. The van der Waals surface area contributed by atoms with Crippen LogP contribution in [-0.2, 0) is 27.3 Å². The number of rotatable bonds is 5. The van der Waals surface area contributed by atoms with Crippen LogP contribution in [0.3, 0.4) is 0 Å². The van der Waals surface area contributed by atoms with E-state index >= 15 is 0 Å². The number of carbonyl (C=O) groups excluding carboxylic acids is 2. The highest BCUT2D eigenvalue weighted by molar-refractivity contribution is 7.09. The summed E-state index contributed by atoms with van der Waals surface area (Å²) in [6.45, 7) is 0.394. The fraction of sp³-hybridized carbons (Fsp3) is 0.450. The molecule has 2 heterocycles. The Balaban J connectivity index is 1.35. The van der Waals surface area contributed by atoms with E-state index in [-0.39, 0.29) is 24.2 Å². The van der Waals surface area contributed by atoms with E-state index in [2.05, 4.69) is 22.4 Å². The van der Waals surface area contributed by atoms with Gasteiger partial charge in [-0.1, -0.05) is 30.3 Å². The van der Waals surface area contributed by atoms with Crippen LogP contribution < -0.4 is 5.32 Å². The molecule has 4 rings (SSSR count). The van der Waals surface area contributed by atoms with Crippen LogP contribution in [0.5, 0.6) is 0 Å². The van der Waals surface area contributed by atoms with Gasteiger partial charge in [-0.15, -0.1) is 11.3 Å².